The zero-order valence-corrected chi connectivity index (χ0v) is 16.1. The number of hydrogen-bond acceptors (Lipinski definition) is 4. The van der Waals surface area contributed by atoms with Gasteiger partial charge in [0, 0.05) is 32.4 Å². The Hall–Kier alpha value is -1.88. The minimum atomic E-state index is -0.282. The van der Waals surface area contributed by atoms with Crippen LogP contribution in [0, 0.1) is 0 Å². The number of ether oxygens (including phenoxy) is 2. The second-order valence-corrected chi connectivity index (χ2v) is 7.02. The van der Waals surface area contributed by atoms with Crippen molar-refractivity contribution in [2.75, 3.05) is 33.4 Å². The van der Waals surface area contributed by atoms with Gasteiger partial charge in [-0.1, -0.05) is 32.9 Å². The molecule has 0 aliphatic carbocycles. The van der Waals surface area contributed by atoms with E-state index in [2.05, 4.69) is 20.8 Å². The highest BCUT2D eigenvalue weighted by molar-refractivity contribution is 5.94. The number of esters is 1. The van der Waals surface area contributed by atoms with Gasteiger partial charge in [0.15, 0.2) is 0 Å². The SMILES string of the molecule is CCOC(=O)CCN(CCCOC)C(=O)c1ccc(C(C)(C)C)cc1. The first-order valence-corrected chi connectivity index (χ1v) is 8.84. The Kier molecular flexibility index (Phi) is 8.62. The van der Waals surface area contributed by atoms with Crippen LogP contribution in [0.25, 0.3) is 0 Å². The smallest absolute Gasteiger partial charge is 0.307 e. The lowest BCUT2D eigenvalue weighted by Gasteiger charge is -2.23. The molecule has 0 saturated carbocycles. The Bertz CT molecular complexity index is 546. The van der Waals surface area contributed by atoms with E-state index in [1.807, 2.05) is 24.3 Å². The van der Waals surface area contributed by atoms with Crippen LogP contribution in [-0.2, 0) is 19.7 Å². The summed E-state index contributed by atoms with van der Waals surface area (Å²) in [6, 6.07) is 7.70. The summed E-state index contributed by atoms with van der Waals surface area (Å²) in [6.45, 7) is 10.0. The van der Waals surface area contributed by atoms with Crippen LogP contribution in [0.2, 0.25) is 0 Å². The molecule has 0 aliphatic rings. The molecule has 0 N–H and O–H groups in total. The van der Waals surface area contributed by atoms with Crippen LogP contribution in [0.3, 0.4) is 0 Å². The summed E-state index contributed by atoms with van der Waals surface area (Å²) in [7, 11) is 1.63. The summed E-state index contributed by atoms with van der Waals surface area (Å²) < 4.78 is 10.0. The summed E-state index contributed by atoms with van der Waals surface area (Å²) >= 11 is 0. The highest BCUT2D eigenvalue weighted by Gasteiger charge is 2.19. The molecule has 0 aliphatic heterocycles. The molecule has 1 aromatic rings. The molecule has 1 aromatic carbocycles. The second kappa shape index (κ2) is 10.2. The van der Waals surface area contributed by atoms with Crippen LogP contribution in [0.15, 0.2) is 24.3 Å². The lowest BCUT2D eigenvalue weighted by Crippen LogP contribution is -2.34. The molecule has 0 saturated heterocycles. The maximum atomic E-state index is 12.8. The number of carbonyl (C=O) groups excluding carboxylic acids is 2. The van der Waals surface area contributed by atoms with Crippen molar-refractivity contribution in [3.63, 3.8) is 0 Å². The van der Waals surface area contributed by atoms with Crippen molar-refractivity contribution in [2.45, 2.75) is 46.0 Å². The molecule has 0 aromatic heterocycles. The van der Waals surface area contributed by atoms with Crippen LogP contribution in [0.5, 0.6) is 0 Å². The molecule has 0 radical (unpaired) electrons. The monoisotopic (exact) mass is 349 g/mol. The zero-order valence-electron chi connectivity index (χ0n) is 16.1. The fourth-order valence-electron chi connectivity index (χ4n) is 2.47. The van der Waals surface area contributed by atoms with E-state index >= 15 is 0 Å². The second-order valence-electron chi connectivity index (χ2n) is 7.02. The molecule has 0 atom stereocenters. The van der Waals surface area contributed by atoms with Crippen LogP contribution >= 0.6 is 0 Å². The molecule has 0 unspecified atom stereocenters. The van der Waals surface area contributed by atoms with Gasteiger partial charge < -0.3 is 14.4 Å². The number of hydrogen-bond donors (Lipinski definition) is 0. The van der Waals surface area contributed by atoms with E-state index in [0.29, 0.717) is 31.9 Å². The first kappa shape index (κ1) is 21.2. The Morgan fingerprint density at radius 1 is 1.08 bits per heavy atom. The first-order chi connectivity index (χ1) is 11.8. The van der Waals surface area contributed by atoms with E-state index in [1.54, 1.807) is 18.9 Å². The summed E-state index contributed by atoms with van der Waals surface area (Å²) in [5.41, 5.74) is 1.86. The standard InChI is InChI=1S/C20H31NO4/c1-6-25-18(22)12-14-21(13-7-15-24-5)19(23)16-8-10-17(11-9-16)20(2,3)4/h8-11H,6-7,12-15H2,1-5H3. The Morgan fingerprint density at radius 3 is 2.24 bits per heavy atom. The van der Waals surface area contributed by atoms with E-state index in [9.17, 15) is 9.59 Å². The van der Waals surface area contributed by atoms with Gasteiger partial charge in [-0.3, -0.25) is 9.59 Å². The van der Waals surface area contributed by atoms with Gasteiger partial charge in [-0.15, -0.1) is 0 Å². The number of benzene rings is 1. The lowest BCUT2D eigenvalue weighted by molar-refractivity contribution is -0.143. The van der Waals surface area contributed by atoms with Gasteiger partial charge in [0.05, 0.1) is 13.0 Å². The molecule has 5 nitrogen and oxygen atoms in total. The number of nitrogens with zero attached hydrogens (tertiary/aromatic N) is 1. The molecule has 25 heavy (non-hydrogen) atoms. The Balaban J connectivity index is 2.80. The van der Waals surface area contributed by atoms with Crippen LogP contribution in [-0.4, -0.2) is 50.2 Å². The van der Waals surface area contributed by atoms with Gasteiger partial charge in [0.2, 0.25) is 0 Å². The van der Waals surface area contributed by atoms with E-state index in [-0.39, 0.29) is 23.7 Å². The normalized spacial score (nSPS) is 11.2. The van der Waals surface area contributed by atoms with Crippen molar-refractivity contribution < 1.29 is 19.1 Å². The minimum absolute atomic E-state index is 0.0453. The van der Waals surface area contributed by atoms with Crippen LogP contribution in [0.1, 0.15) is 56.5 Å². The van der Waals surface area contributed by atoms with E-state index in [0.717, 1.165) is 6.42 Å². The molecular formula is C20H31NO4. The third-order valence-electron chi connectivity index (χ3n) is 3.95. The fraction of sp³-hybridized carbons (Fsp3) is 0.600. The van der Waals surface area contributed by atoms with Crippen molar-refractivity contribution in [1.82, 2.24) is 4.90 Å². The molecular weight excluding hydrogens is 318 g/mol. The predicted octanol–water partition coefficient (Wildman–Crippen LogP) is 3.42. The van der Waals surface area contributed by atoms with Crippen molar-refractivity contribution >= 4 is 11.9 Å². The van der Waals surface area contributed by atoms with Gasteiger partial charge in [-0.05, 0) is 36.5 Å². The number of amides is 1. The van der Waals surface area contributed by atoms with Gasteiger partial charge in [-0.2, -0.15) is 0 Å². The summed E-state index contributed by atoms with van der Waals surface area (Å²) in [4.78, 5) is 26.1. The van der Waals surface area contributed by atoms with Crippen molar-refractivity contribution in [3.8, 4) is 0 Å². The third-order valence-corrected chi connectivity index (χ3v) is 3.95. The van der Waals surface area contributed by atoms with Gasteiger partial charge in [-0.25, -0.2) is 0 Å². The highest BCUT2D eigenvalue weighted by Crippen LogP contribution is 2.22. The predicted molar refractivity (Wildman–Crippen MR) is 98.8 cm³/mol. The summed E-state index contributed by atoms with van der Waals surface area (Å²) in [6.07, 6.45) is 0.928. The van der Waals surface area contributed by atoms with Gasteiger partial charge in [0.1, 0.15) is 0 Å². The van der Waals surface area contributed by atoms with Crippen molar-refractivity contribution in [2.24, 2.45) is 0 Å². The highest BCUT2D eigenvalue weighted by atomic mass is 16.5. The maximum Gasteiger partial charge on any atom is 0.307 e. The number of carbonyl (C=O) groups is 2. The molecule has 0 spiro atoms. The summed E-state index contributed by atoms with van der Waals surface area (Å²) in [5, 5.41) is 0. The zero-order chi connectivity index (χ0) is 18.9. The fourth-order valence-corrected chi connectivity index (χ4v) is 2.47. The van der Waals surface area contributed by atoms with Crippen LogP contribution in [0.4, 0.5) is 0 Å². The van der Waals surface area contributed by atoms with E-state index in [1.165, 1.54) is 5.56 Å². The number of methoxy groups -OCH3 is 1. The van der Waals surface area contributed by atoms with E-state index in [4.69, 9.17) is 9.47 Å². The first-order valence-electron chi connectivity index (χ1n) is 8.84. The van der Waals surface area contributed by atoms with Crippen molar-refractivity contribution in [1.29, 1.82) is 0 Å². The quantitative estimate of drug-likeness (QED) is 0.506. The maximum absolute atomic E-state index is 12.8. The topological polar surface area (TPSA) is 55.8 Å². The largest absolute Gasteiger partial charge is 0.466 e. The lowest BCUT2D eigenvalue weighted by atomic mass is 9.86. The molecule has 140 valence electrons. The van der Waals surface area contributed by atoms with Crippen LogP contribution < -0.4 is 0 Å². The third kappa shape index (κ3) is 7.26. The summed E-state index contributed by atoms with van der Waals surface area (Å²) in [5.74, 6) is -0.351. The molecule has 0 heterocycles. The molecule has 5 heteroatoms. The average molecular weight is 349 g/mol. The molecule has 0 fully saturated rings. The molecule has 1 rings (SSSR count). The van der Waals surface area contributed by atoms with Gasteiger partial charge in [0.25, 0.3) is 5.91 Å². The van der Waals surface area contributed by atoms with Crippen molar-refractivity contribution in [3.05, 3.63) is 35.4 Å². The van der Waals surface area contributed by atoms with Gasteiger partial charge >= 0.3 is 5.97 Å². The Labute approximate surface area is 151 Å². The molecule has 1 amide bonds. The average Bonchev–Trinajstić information content (AvgIpc) is 2.57. The molecule has 0 bridgehead atoms. The Morgan fingerprint density at radius 2 is 1.72 bits per heavy atom. The van der Waals surface area contributed by atoms with E-state index < -0.39 is 0 Å². The number of rotatable bonds is 9. The minimum Gasteiger partial charge on any atom is -0.466 e.